The third kappa shape index (κ3) is 3.06. The van der Waals surface area contributed by atoms with E-state index < -0.39 is 0 Å². The van der Waals surface area contributed by atoms with Gasteiger partial charge in [-0.15, -0.1) is 23.1 Å². The van der Waals surface area contributed by atoms with E-state index in [4.69, 9.17) is 0 Å². The molecule has 3 rings (SSSR count). The molecule has 1 amide bonds. The minimum Gasteiger partial charge on any atom is -0.324 e. The van der Waals surface area contributed by atoms with Gasteiger partial charge in [0.2, 0.25) is 5.91 Å². The Bertz CT molecular complexity index is 536. The predicted octanol–water partition coefficient (Wildman–Crippen LogP) is 1.22. The lowest BCUT2D eigenvalue weighted by atomic mass is 10.2. The number of fused-ring (bicyclic) bond motifs is 1. The molecular weight excluding hydrogens is 294 g/mol. The van der Waals surface area contributed by atoms with Gasteiger partial charge in [-0.2, -0.15) is 0 Å². The molecule has 1 aromatic rings. The van der Waals surface area contributed by atoms with E-state index >= 15 is 0 Å². The van der Waals surface area contributed by atoms with Crippen LogP contribution in [0.5, 0.6) is 0 Å². The standard InChI is InChI=1S/C13H17N3O2S2/c1-15-2-4-16(5-3-15)7-10(17)11-6-9-13(20-11)19-8-12(18)14-9/h6H,2-5,7-8H2,1H3,(H,14,18). The van der Waals surface area contributed by atoms with E-state index in [1.165, 1.54) is 23.1 Å². The molecule has 0 atom stereocenters. The van der Waals surface area contributed by atoms with Crippen molar-refractivity contribution < 1.29 is 9.59 Å². The number of Topliss-reactive ketones (excluding diaryl/α,β-unsaturated/α-hetero) is 1. The second-order valence-electron chi connectivity index (χ2n) is 5.15. The molecule has 2 aliphatic heterocycles. The summed E-state index contributed by atoms with van der Waals surface area (Å²) >= 11 is 3.01. The highest BCUT2D eigenvalue weighted by Crippen LogP contribution is 2.39. The monoisotopic (exact) mass is 311 g/mol. The summed E-state index contributed by atoms with van der Waals surface area (Å²) < 4.78 is 1.05. The van der Waals surface area contributed by atoms with Crippen LogP contribution in [0, 0.1) is 0 Å². The van der Waals surface area contributed by atoms with Gasteiger partial charge in [0.25, 0.3) is 0 Å². The van der Waals surface area contributed by atoms with Crippen molar-refractivity contribution in [3.63, 3.8) is 0 Å². The van der Waals surface area contributed by atoms with Crippen LogP contribution >= 0.6 is 23.1 Å². The molecule has 7 heteroatoms. The summed E-state index contributed by atoms with van der Waals surface area (Å²) in [5.74, 6) is 0.613. The van der Waals surface area contributed by atoms with Gasteiger partial charge in [-0.05, 0) is 13.1 Å². The summed E-state index contributed by atoms with van der Waals surface area (Å²) in [5, 5.41) is 2.82. The van der Waals surface area contributed by atoms with E-state index in [1.54, 1.807) is 0 Å². The summed E-state index contributed by atoms with van der Waals surface area (Å²) in [7, 11) is 2.10. The molecule has 0 aliphatic carbocycles. The Hall–Kier alpha value is -0.890. The molecule has 3 heterocycles. The summed E-state index contributed by atoms with van der Waals surface area (Å²) in [5.41, 5.74) is 0.804. The number of hydrogen-bond donors (Lipinski definition) is 1. The molecule has 1 N–H and O–H groups in total. The summed E-state index contributed by atoms with van der Waals surface area (Å²) in [6.07, 6.45) is 0. The molecule has 0 saturated carbocycles. The minimum atomic E-state index is 0.0124. The van der Waals surface area contributed by atoms with Crippen LogP contribution in [0.3, 0.4) is 0 Å². The third-order valence-corrected chi connectivity index (χ3v) is 6.01. The Labute approximate surface area is 126 Å². The van der Waals surface area contributed by atoms with Gasteiger partial charge in [0.15, 0.2) is 5.78 Å². The second kappa shape index (κ2) is 5.85. The molecule has 108 valence electrons. The normalized spacial score (nSPS) is 20.6. The van der Waals surface area contributed by atoms with Gasteiger partial charge in [-0.1, -0.05) is 0 Å². The Morgan fingerprint density at radius 1 is 1.35 bits per heavy atom. The lowest BCUT2D eigenvalue weighted by Gasteiger charge is -2.31. The molecule has 0 aromatic carbocycles. The van der Waals surface area contributed by atoms with Crippen molar-refractivity contribution in [1.29, 1.82) is 0 Å². The number of amides is 1. The van der Waals surface area contributed by atoms with Crippen LogP contribution in [0.15, 0.2) is 10.3 Å². The second-order valence-corrected chi connectivity index (χ2v) is 7.45. The maximum absolute atomic E-state index is 12.3. The number of hydrogen-bond acceptors (Lipinski definition) is 6. The first-order valence-electron chi connectivity index (χ1n) is 6.62. The van der Waals surface area contributed by atoms with Gasteiger partial charge in [-0.25, -0.2) is 0 Å². The maximum Gasteiger partial charge on any atom is 0.234 e. The number of piperazine rings is 1. The fourth-order valence-corrected chi connectivity index (χ4v) is 4.37. The van der Waals surface area contributed by atoms with E-state index in [-0.39, 0.29) is 11.7 Å². The first-order chi connectivity index (χ1) is 9.61. The van der Waals surface area contributed by atoms with E-state index in [1.807, 2.05) is 6.07 Å². The number of ketones is 1. The number of thioether (sulfide) groups is 1. The average Bonchev–Trinajstić information content (AvgIpc) is 2.84. The smallest absolute Gasteiger partial charge is 0.234 e. The molecule has 0 unspecified atom stereocenters. The maximum atomic E-state index is 12.3. The van der Waals surface area contributed by atoms with Gasteiger partial charge < -0.3 is 10.2 Å². The lowest BCUT2D eigenvalue weighted by molar-refractivity contribution is -0.113. The van der Waals surface area contributed by atoms with Crippen LogP contribution in [-0.2, 0) is 4.79 Å². The van der Waals surface area contributed by atoms with Crippen LogP contribution in [0.4, 0.5) is 5.69 Å². The van der Waals surface area contributed by atoms with E-state index in [2.05, 4.69) is 22.2 Å². The largest absolute Gasteiger partial charge is 0.324 e. The van der Waals surface area contributed by atoms with Crippen molar-refractivity contribution in [3.05, 3.63) is 10.9 Å². The number of likely N-dealkylation sites (N-methyl/N-ethyl adjacent to an activating group) is 1. The number of rotatable bonds is 3. The SMILES string of the molecule is CN1CCN(CC(=O)c2cc3c(s2)SCC(=O)N3)CC1. The minimum absolute atomic E-state index is 0.0124. The van der Waals surface area contributed by atoms with Crippen molar-refractivity contribution in [2.45, 2.75) is 4.21 Å². The van der Waals surface area contributed by atoms with Crippen molar-refractivity contribution in [2.24, 2.45) is 0 Å². The summed E-state index contributed by atoms with van der Waals surface area (Å²) in [6, 6.07) is 1.82. The highest BCUT2D eigenvalue weighted by molar-refractivity contribution is 8.02. The molecule has 0 radical (unpaired) electrons. The Morgan fingerprint density at radius 2 is 2.10 bits per heavy atom. The Kier molecular flexibility index (Phi) is 4.11. The molecular formula is C13H17N3O2S2. The average molecular weight is 311 g/mol. The zero-order chi connectivity index (χ0) is 14.1. The number of carbonyl (C=O) groups excluding carboxylic acids is 2. The zero-order valence-electron chi connectivity index (χ0n) is 11.3. The number of nitrogens with one attached hydrogen (secondary N) is 1. The zero-order valence-corrected chi connectivity index (χ0v) is 13.0. The van der Waals surface area contributed by atoms with E-state index in [9.17, 15) is 9.59 Å². The molecule has 1 fully saturated rings. The van der Waals surface area contributed by atoms with Crippen molar-refractivity contribution in [2.75, 3.05) is 50.8 Å². The fraction of sp³-hybridized carbons (Fsp3) is 0.538. The quantitative estimate of drug-likeness (QED) is 0.851. The summed E-state index contributed by atoms with van der Waals surface area (Å²) in [4.78, 5) is 28.9. The van der Waals surface area contributed by atoms with Crippen molar-refractivity contribution in [3.8, 4) is 0 Å². The highest BCUT2D eigenvalue weighted by Gasteiger charge is 2.23. The van der Waals surface area contributed by atoms with Crippen LogP contribution in [0.2, 0.25) is 0 Å². The Balaban J connectivity index is 1.64. The number of carbonyl (C=O) groups is 2. The van der Waals surface area contributed by atoms with Gasteiger partial charge in [0, 0.05) is 26.2 Å². The van der Waals surface area contributed by atoms with E-state index in [0.717, 1.165) is 41.0 Å². The molecule has 0 bridgehead atoms. The van der Waals surface area contributed by atoms with Crippen molar-refractivity contribution >= 4 is 40.5 Å². The number of thiophene rings is 1. The van der Waals surface area contributed by atoms with Crippen LogP contribution in [0.1, 0.15) is 9.67 Å². The number of nitrogens with zero attached hydrogens (tertiary/aromatic N) is 2. The first kappa shape index (κ1) is 14.1. The molecule has 0 spiro atoms. The lowest BCUT2D eigenvalue weighted by Crippen LogP contribution is -2.46. The van der Waals surface area contributed by atoms with Gasteiger partial charge in [0.1, 0.15) is 0 Å². The number of anilines is 1. The fourth-order valence-electron chi connectivity index (χ4n) is 2.31. The molecule has 20 heavy (non-hydrogen) atoms. The van der Waals surface area contributed by atoms with Crippen LogP contribution < -0.4 is 5.32 Å². The van der Waals surface area contributed by atoms with Crippen LogP contribution in [-0.4, -0.2) is 67.0 Å². The molecule has 5 nitrogen and oxygen atoms in total. The highest BCUT2D eigenvalue weighted by atomic mass is 32.2. The topological polar surface area (TPSA) is 52.7 Å². The third-order valence-electron chi connectivity index (χ3n) is 3.54. The first-order valence-corrected chi connectivity index (χ1v) is 8.42. The summed E-state index contributed by atoms with van der Waals surface area (Å²) in [6.45, 7) is 4.39. The van der Waals surface area contributed by atoms with Crippen molar-refractivity contribution in [1.82, 2.24) is 9.80 Å². The van der Waals surface area contributed by atoms with Gasteiger partial charge >= 0.3 is 0 Å². The molecule has 1 aromatic heterocycles. The molecule has 2 aliphatic rings. The predicted molar refractivity (Wildman–Crippen MR) is 81.9 cm³/mol. The Morgan fingerprint density at radius 3 is 2.85 bits per heavy atom. The molecule has 1 saturated heterocycles. The van der Waals surface area contributed by atoms with Gasteiger partial charge in [0.05, 0.1) is 27.1 Å². The van der Waals surface area contributed by atoms with Crippen LogP contribution in [0.25, 0.3) is 0 Å². The van der Waals surface area contributed by atoms with Gasteiger partial charge in [-0.3, -0.25) is 14.5 Å². The van der Waals surface area contributed by atoms with E-state index in [0.29, 0.717) is 12.3 Å².